The number of aliphatic hydroxyl groups excluding tert-OH is 1. The van der Waals surface area contributed by atoms with Gasteiger partial charge >= 0.3 is 103 Å². The van der Waals surface area contributed by atoms with Gasteiger partial charge < -0.3 is 59.5 Å². The Balaban J connectivity index is -0.0000000483. The van der Waals surface area contributed by atoms with Gasteiger partial charge in [-0.15, -0.1) is 0 Å². The van der Waals surface area contributed by atoms with Crippen molar-refractivity contribution in [3.63, 3.8) is 0 Å². The number of thiocarbonyl (C=S) groups is 2. The van der Waals surface area contributed by atoms with E-state index in [0.29, 0.717) is 6.61 Å². The van der Waals surface area contributed by atoms with Gasteiger partial charge in [0.25, 0.3) is 0 Å². The van der Waals surface area contributed by atoms with Crippen molar-refractivity contribution in [2.24, 2.45) is 0 Å². The molecule has 0 atom stereocenters. The quantitative estimate of drug-likeness (QED) is 0.297. The van der Waals surface area contributed by atoms with Crippen LogP contribution in [0.3, 0.4) is 0 Å². The molecule has 0 saturated carbocycles. The number of hydrogen-bond acceptors (Lipinski definition) is 5. The van der Waals surface area contributed by atoms with Crippen LogP contribution in [0.2, 0.25) is 0 Å². The number of aliphatic hydroxyl groups is 1. The summed E-state index contributed by atoms with van der Waals surface area (Å²) in [5.41, 5.74) is 0. The monoisotopic (exact) mass is 292 g/mol. The van der Waals surface area contributed by atoms with Crippen LogP contribution in [0.1, 0.15) is 6.92 Å². The van der Waals surface area contributed by atoms with Crippen molar-refractivity contribution in [2.75, 3.05) is 6.61 Å². The fourth-order valence-corrected chi connectivity index (χ4v) is 0.354. The number of hydrogen-bond donors (Lipinski definition) is 1. The standard InChI is InChI=1S/C3H6OS2.CH2OS2.2K/c1-2-4-3(5)6;2-1(3)4;;/h2H2,1H3,(H,5,6);(H2,2,3,4);;/q;;2*+1/p-2. The van der Waals surface area contributed by atoms with E-state index in [1.807, 2.05) is 6.92 Å². The van der Waals surface area contributed by atoms with E-state index in [-0.39, 0.29) is 107 Å². The Hall–Kier alpha value is 3.49. The molecule has 0 saturated heterocycles. The summed E-state index contributed by atoms with van der Waals surface area (Å²) < 4.78 is 4.38. The molecule has 0 bridgehead atoms. The third-order valence-corrected chi connectivity index (χ3v) is 0.498. The Morgan fingerprint density at radius 2 is 1.58 bits per heavy atom. The predicted octanol–water partition coefficient (Wildman–Crippen LogP) is -4.76. The molecule has 12 heavy (non-hydrogen) atoms. The van der Waals surface area contributed by atoms with Gasteiger partial charge in [0, 0.05) is 8.77 Å². The van der Waals surface area contributed by atoms with Crippen LogP contribution in [0.5, 0.6) is 0 Å². The van der Waals surface area contributed by atoms with Gasteiger partial charge in [-0.05, 0) is 6.92 Å². The predicted molar refractivity (Wildman–Crippen MR) is 54.2 cm³/mol. The summed E-state index contributed by atoms with van der Waals surface area (Å²) in [6.07, 6.45) is 0. The fourth-order valence-electron chi connectivity index (χ4n) is 0.118. The van der Waals surface area contributed by atoms with E-state index in [2.05, 4.69) is 54.4 Å². The van der Waals surface area contributed by atoms with Gasteiger partial charge in [-0.1, -0.05) is 0 Å². The molecule has 8 heteroatoms. The van der Waals surface area contributed by atoms with Crippen molar-refractivity contribution < 1.29 is 113 Å². The minimum atomic E-state index is -0.417. The molecule has 0 fully saturated rings. The van der Waals surface area contributed by atoms with Crippen LogP contribution in [0.25, 0.3) is 0 Å². The van der Waals surface area contributed by atoms with E-state index in [9.17, 15) is 0 Å². The van der Waals surface area contributed by atoms with Crippen molar-refractivity contribution in [2.45, 2.75) is 6.92 Å². The summed E-state index contributed by atoms with van der Waals surface area (Å²) in [6, 6.07) is 0. The summed E-state index contributed by atoms with van der Waals surface area (Å²) >= 11 is 16.6. The molecule has 1 N–H and O–H groups in total. The second-order valence-corrected chi connectivity index (χ2v) is 2.98. The number of ether oxygens (including phenoxy) is 1. The maximum absolute atomic E-state index is 7.60. The molecule has 0 rings (SSSR count). The van der Waals surface area contributed by atoms with Crippen LogP contribution in [-0.4, -0.2) is 20.5 Å². The zero-order chi connectivity index (χ0) is 8.57. The molecule has 0 aliphatic rings. The third-order valence-electron chi connectivity index (χ3n) is 0.262. The molecule has 0 radical (unpaired) electrons. The van der Waals surface area contributed by atoms with E-state index in [4.69, 9.17) is 5.11 Å². The molecule has 0 aromatic rings. The molecule has 0 aliphatic carbocycles. The summed E-state index contributed by atoms with van der Waals surface area (Å²) in [4.78, 5) is 0. The second-order valence-electron chi connectivity index (χ2n) is 0.949. The molecular weight excluding hydrogens is 287 g/mol. The van der Waals surface area contributed by atoms with Gasteiger partial charge in [0.1, 0.15) is 0 Å². The number of rotatable bonds is 1. The van der Waals surface area contributed by atoms with Crippen molar-refractivity contribution >= 4 is 58.5 Å². The van der Waals surface area contributed by atoms with Crippen LogP contribution in [0.15, 0.2) is 0 Å². The maximum Gasteiger partial charge on any atom is 1.00 e. The second kappa shape index (κ2) is 20.0. The van der Waals surface area contributed by atoms with Gasteiger partial charge in [-0.2, -0.15) is 0 Å². The smallest absolute Gasteiger partial charge is 0.528 e. The Bertz CT molecular complexity index is 118. The Labute approximate surface area is 180 Å². The first kappa shape index (κ1) is 24.6. The van der Waals surface area contributed by atoms with Crippen LogP contribution in [0, 0.1) is 0 Å². The SMILES string of the molecule is CCOC(=S)[S-].OC(=S)[S-].[K+].[K+]. The Kier molecular flexibility index (Phi) is 41.0. The van der Waals surface area contributed by atoms with Gasteiger partial charge in [0.05, 0.1) is 6.61 Å². The Morgan fingerprint density at radius 3 is 1.58 bits per heavy atom. The molecule has 0 heterocycles. The van der Waals surface area contributed by atoms with E-state index >= 15 is 0 Å². The summed E-state index contributed by atoms with van der Waals surface area (Å²) in [6.45, 7) is 2.43. The molecular formula is C4H6K2O2S4. The topological polar surface area (TPSA) is 29.5 Å². The van der Waals surface area contributed by atoms with E-state index in [0.717, 1.165) is 0 Å². The van der Waals surface area contributed by atoms with E-state index in [1.165, 1.54) is 0 Å². The van der Waals surface area contributed by atoms with E-state index < -0.39 is 4.38 Å². The summed E-state index contributed by atoms with van der Waals surface area (Å²) in [5.74, 6) is 0. The third kappa shape index (κ3) is 50.0. The minimum Gasteiger partial charge on any atom is -0.528 e. The maximum atomic E-state index is 7.60. The molecule has 0 spiro atoms. The molecule has 0 aliphatic heterocycles. The van der Waals surface area contributed by atoms with Crippen molar-refractivity contribution in [3.05, 3.63) is 0 Å². The van der Waals surface area contributed by atoms with Crippen molar-refractivity contribution in [1.29, 1.82) is 0 Å². The average molecular weight is 293 g/mol. The Morgan fingerprint density at radius 1 is 1.33 bits per heavy atom. The van der Waals surface area contributed by atoms with Gasteiger partial charge in [-0.3, -0.25) is 0 Å². The first-order chi connectivity index (χ1) is 4.50. The van der Waals surface area contributed by atoms with Gasteiger partial charge in [-0.25, -0.2) is 0 Å². The largest absolute Gasteiger partial charge is 1.00 e. The van der Waals surface area contributed by atoms with Crippen LogP contribution >= 0.6 is 24.4 Å². The summed E-state index contributed by atoms with van der Waals surface area (Å²) in [5, 5.41) is 7.60. The van der Waals surface area contributed by atoms with Crippen molar-refractivity contribution in [1.82, 2.24) is 0 Å². The summed E-state index contributed by atoms with van der Waals surface area (Å²) in [7, 11) is 0. The van der Waals surface area contributed by atoms with Gasteiger partial charge in [0.15, 0.2) is 0 Å². The molecule has 2 nitrogen and oxygen atoms in total. The normalized spacial score (nSPS) is 5.75. The molecule has 60 valence electrons. The molecule has 0 aromatic heterocycles. The fraction of sp³-hybridized carbons (Fsp3) is 0.500. The molecule has 0 unspecified atom stereocenters. The molecule has 0 aromatic carbocycles. The van der Waals surface area contributed by atoms with E-state index in [1.54, 1.807) is 0 Å². The van der Waals surface area contributed by atoms with Crippen LogP contribution in [0.4, 0.5) is 0 Å². The minimum absolute atomic E-state index is 0. The van der Waals surface area contributed by atoms with Gasteiger partial charge in [0.2, 0.25) is 0 Å². The zero-order valence-electron chi connectivity index (χ0n) is 7.20. The van der Waals surface area contributed by atoms with Crippen LogP contribution < -0.4 is 103 Å². The first-order valence-corrected chi connectivity index (χ1v) is 3.87. The van der Waals surface area contributed by atoms with Crippen molar-refractivity contribution in [3.8, 4) is 0 Å². The average Bonchev–Trinajstić information content (AvgIpc) is 1.62. The molecule has 0 amide bonds. The first-order valence-electron chi connectivity index (χ1n) is 2.24. The zero-order valence-corrected chi connectivity index (χ0v) is 16.7. The van der Waals surface area contributed by atoms with Crippen LogP contribution in [-0.2, 0) is 30.0 Å².